The molecule has 2 aromatic carbocycles. The summed E-state index contributed by atoms with van der Waals surface area (Å²) in [6.07, 6.45) is 1.08. The van der Waals surface area contributed by atoms with E-state index in [9.17, 15) is 13.2 Å². The van der Waals surface area contributed by atoms with Crippen molar-refractivity contribution in [3.8, 4) is 11.5 Å². The number of carbonyl (C=O) groups excluding carboxylic acids is 1. The molecule has 0 N–H and O–H groups in total. The van der Waals surface area contributed by atoms with E-state index in [4.69, 9.17) is 16.0 Å². The predicted octanol–water partition coefficient (Wildman–Crippen LogP) is 3.90. The van der Waals surface area contributed by atoms with Crippen molar-refractivity contribution in [3.05, 3.63) is 65.0 Å². The Morgan fingerprint density at radius 3 is 2.38 bits per heavy atom. The molecule has 0 aliphatic heterocycles. The minimum Gasteiger partial charge on any atom is -0.419 e. The van der Waals surface area contributed by atoms with Gasteiger partial charge in [0.25, 0.3) is 0 Å². The SMILES string of the molecule is Cc1ccccc1N(CC(=O)N(Cc1nnc(-c2ccccc2Cl)o1)C(C)C)S(C)(=O)=O. The highest BCUT2D eigenvalue weighted by molar-refractivity contribution is 7.92. The van der Waals surface area contributed by atoms with Gasteiger partial charge in [-0.25, -0.2) is 8.42 Å². The van der Waals surface area contributed by atoms with Crippen LogP contribution in [0.1, 0.15) is 25.3 Å². The number of halogens is 1. The Morgan fingerprint density at radius 1 is 1.09 bits per heavy atom. The fraction of sp³-hybridized carbons (Fsp3) is 0.318. The van der Waals surface area contributed by atoms with Gasteiger partial charge in [0, 0.05) is 6.04 Å². The van der Waals surface area contributed by atoms with Crippen LogP contribution in [0.15, 0.2) is 52.9 Å². The van der Waals surface area contributed by atoms with E-state index in [1.165, 1.54) is 4.90 Å². The lowest BCUT2D eigenvalue weighted by Gasteiger charge is -2.29. The van der Waals surface area contributed by atoms with Crippen molar-refractivity contribution in [1.82, 2.24) is 15.1 Å². The van der Waals surface area contributed by atoms with E-state index in [1.807, 2.05) is 19.9 Å². The van der Waals surface area contributed by atoms with Crippen LogP contribution >= 0.6 is 11.6 Å². The van der Waals surface area contributed by atoms with Crippen LogP contribution in [-0.2, 0) is 21.4 Å². The maximum absolute atomic E-state index is 13.2. The number of nitrogens with zero attached hydrogens (tertiary/aromatic N) is 4. The second kappa shape index (κ2) is 9.70. The van der Waals surface area contributed by atoms with Gasteiger partial charge in [0.1, 0.15) is 6.54 Å². The molecule has 1 aromatic heterocycles. The molecule has 0 saturated heterocycles. The predicted molar refractivity (Wildman–Crippen MR) is 124 cm³/mol. The molecule has 170 valence electrons. The molecule has 1 amide bonds. The number of hydrogen-bond donors (Lipinski definition) is 0. The maximum Gasteiger partial charge on any atom is 0.249 e. The molecular weight excluding hydrogens is 452 g/mol. The molecule has 0 unspecified atom stereocenters. The molecule has 0 bridgehead atoms. The molecule has 0 fully saturated rings. The molecule has 0 aliphatic carbocycles. The molecule has 0 radical (unpaired) electrons. The lowest BCUT2D eigenvalue weighted by atomic mass is 10.2. The van der Waals surface area contributed by atoms with E-state index in [0.29, 0.717) is 16.3 Å². The number of carbonyl (C=O) groups is 1. The third-order valence-corrected chi connectivity index (χ3v) is 6.34. The van der Waals surface area contributed by atoms with Gasteiger partial charge in [0.2, 0.25) is 27.7 Å². The summed E-state index contributed by atoms with van der Waals surface area (Å²) >= 11 is 6.19. The van der Waals surface area contributed by atoms with Crippen molar-refractivity contribution < 1.29 is 17.6 Å². The van der Waals surface area contributed by atoms with E-state index in [1.54, 1.807) is 49.4 Å². The van der Waals surface area contributed by atoms with Crippen LogP contribution in [0.5, 0.6) is 0 Å². The lowest BCUT2D eigenvalue weighted by Crippen LogP contribution is -2.45. The second-order valence-corrected chi connectivity index (χ2v) is 9.97. The lowest BCUT2D eigenvalue weighted by molar-refractivity contribution is -0.132. The molecule has 32 heavy (non-hydrogen) atoms. The first-order chi connectivity index (χ1) is 15.1. The maximum atomic E-state index is 13.2. The average Bonchev–Trinajstić information content (AvgIpc) is 3.18. The minimum atomic E-state index is -3.68. The summed E-state index contributed by atoms with van der Waals surface area (Å²) in [6.45, 7) is 5.17. The molecule has 3 rings (SSSR count). The minimum absolute atomic E-state index is 0.0410. The zero-order valence-corrected chi connectivity index (χ0v) is 19.9. The van der Waals surface area contributed by atoms with Crippen molar-refractivity contribution in [2.45, 2.75) is 33.4 Å². The average molecular weight is 477 g/mol. The molecule has 8 nitrogen and oxygen atoms in total. The largest absolute Gasteiger partial charge is 0.419 e. The summed E-state index contributed by atoms with van der Waals surface area (Å²) in [5, 5.41) is 8.54. The smallest absolute Gasteiger partial charge is 0.249 e. The zero-order chi connectivity index (χ0) is 23.5. The number of benzene rings is 2. The second-order valence-electron chi connectivity index (χ2n) is 7.65. The molecule has 10 heteroatoms. The topological polar surface area (TPSA) is 96.6 Å². The number of anilines is 1. The zero-order valence-electron chi connectivity index (χ0n) is 18.3. The number of amides is 1. The summed E-state index contributed by atoms with van der Waals surface area (Å²) in [4.78, 5) is 14.7. The first-order valence-electron chi connectivity index (χ1n) is 9.98. The van der Waals surface area contributed by atoms with Gasteiger partial charge in [-0.3, -0.25) is 9.10 Å². The van der Waals surface area contributed by atoms with E-state index in [-0.39, 0.29) is 36.8 Å². The monoisotopic (exact) mass is 476 g/mol. The molecule has 1 heterocycles. The quantitative estimate of drug-likeness (QED) is 0.489. The van der Waals surface area contributed by atoms with Crippen molar-refractivity contribution in [2.75, 3.05) is 17.1 Å². The van der Waals surface area contributed by atoms with Gasteiger partial charge in [-0.05, 0) is 44.5 Å². The van der Waals surface area contributed by atoms with Crippen molar-refractivity contribution in [3.63, 3.8) is 0 Å². The molecule has 0 aliphatic rings. The highest BCUT2D eigenvalue weighted by atomic mass is 35.5. The van der Waals surface area contributed by atoms with Gasteiger partial charge in [0.15, 0.2) is 0 Å². The summed E-state index contributed by atoms with van der Waals surface area (Å²) in [6, 6.07) is 13.9. The number of sulfonamides is 1. The Hall–Kier alpha value is -2.91. The summed E-state index contributed by atoms with van der Waals surface area (Å²) < 4.78 is 31.8. The van der Waals surface area contributed by atoms with E-state index in [0.717, 1.165) is 16.1 Å². The van der Waals surface area contributed by atoms with Gasteiger partial charge in [0.05, 0.1) is 29.1 Å². The van der Waals surface area contributed by atoms with Gasteiger partial charge in [-0.1, -0.05) is 41.9 Å². The van der Waals surface area contributed by atoms with Crippen LogP contribution in [-0.4, -0.2) is 48.3 Å². The van der Waals surface area contributed by atoms with Crippen LogP contribution in [0.3, 0.4) is 0 Å². The summed E-state index contributed by atoms with van der Waals surface area (Å²) in [5.74, 6) is 0.0920. The summed E-state index contributed by atoms with van der Waals surface area (Å²) in [7, 11) is -3.68. The van der Waals surface area contributed by atoms with Gasteiger partial charge in [-0.15, -0.1) is 10.2 Å². The fourth-order valence-electron chi connectivity index (χ4n) is 3.20. The van der Waals surface area contributed by atoms with Gasteiger partial charge < -0.3 is 9.32 Å². The van der Waals surface area contributed by atoms with Crippen LogP contribution in [0.2, 0.25) is 5.02 Å². The first-order valence-corrected chi connectivity index (χ1v) is 12.2. The van der Waals surface area contributed by atoms with E-state index >= 15 is 0 Å². The summed E-state index contributed by atoms with van der Waals surface area (Å²) in [5.41, 5.74) is 1.81. The molecule has 0 atom stereocenters. The van der Waals surface area contributed by atoms with Gasteiger partial charge >= 0.3 is 0 Å². The van der Waals surface area contributed by atoms with Crippen LogP contribution in [0, 0.1) is 6.92 Å². The van der Waals surface area contributed by atoms with Crippen LogP contribution in [0.4, 0.5) is 5.69 Å². The molecule has 0 saturated carbocycles. The number of para-hydroxylation sites is 1. The van der Waals surface area contributed by atoms with E-state index in [2.05, 4.69) is 10.2 Å². The Morgan fingerprint density at radius 2 is 1.75 bits per heavy atom. The fourth-order valence-corrected chi connectivity index (χ4v) is 4.33. The Kier molecular flexibility index (Phi) is 7.20. The van der Waals surface area contributed by atoms with Crippen LogP contribution < -0.4 is 4.31 Å². The van der Waals surface area contributed by atoms with Crippen molar-refractivity contribution in [1.29, 1.82) is 0 Å². The Labute approximate surface area is 192 Å². The van der Waals surface area contributed by atoms with Crippen molar-refractivity contribution >= 4 is 33.2 Å². The highest BCUT2D eigenvalue weighted by Crippen LogP contribution is 2.27. The number of aryl methyl sites for hydroxylation is 1. The highest BCUT2D eigenvalue weighted by Gasteiger charge is 2.27. The van der Waals surface area contributed by atoms with Gasteiger partial charge in [-0.2, -0.15) is 0 Å². The molecule has 0 spiro atoms. The number of hydrogen-bond acceptors (Lipinski definition) is 6. The Bertz CT molecular complexity index is 1210. The van der Waals surface area contributed by atoms with Crippen molar-refractivity contribution in [2.24, 2.45) is 0 Å². The molecule has 3 aromatic rings. The molecular formula is C22H25ClN4O4S. The first kappa shape index (κ1) is 23.7. The third-order valence-electron chi connectivity index (χ3n) is 4.88. The third kappa shape index (κ3) is 5.46. The van der Waals surface area contributed by atoms with Crippen LogP contribution in [0.25, 0.3) is 11.5 Å². The normalized spacial score (nSPS) is 11.6. The standard InChI is InChI=1S/C22H25ClN4O4S/c1-15(2)26(13-20-24-25-22(31-20)17-10-6-7-11-18(17)23)21(28)14-27(32(4,29)30)19-12-8-5-9-16(19)3/h5-12,15H,13-14H2,1-4H3. The number of aromatic nitrogens is 2. The number of rotatable bonds is 8. The Balaban J connectivity index is 1.83. The van der Waals surface area contributed by atoms with E-state index < -0.39 is 10.0 Å².